The van der Waals surface area contributed by atoms with Gasteiger partial charge in [-0.3, -0.25) is 4.79 Å². The van der Waals surface area contributed by atoms with Crippen LogP contribution in [-0.2, 0) is 9.53 Å². The van der Waals surface area contributed by atoms with Gasteiger partial charge in [0.2, 0.25) is 0 Å². The number of rotatable bonds is 10. The van der Waals surface area contributed by atoms with Crippen LogP contribution in [0.3, 0.4) is 0 Å². The van der Waals surface area contributed by atoms with Crippen LogP contribution >= 0.6 is 11.8 Å². The summed E-state index contributed by atoms with van der Waals surface area (Å²) in [6, 6.07) is 12.0. The standard InChI is InChI=1S/C21H24FNO4S/c1-15-4-3-5-16(14-15)20(24)23-19(10-13-28-2)21(25)27-12-11-26-18-8-6-17(22)7-9-18/h3-9,14,19H,10-13H2,1-2H3,(H,23,24)/t19-/m0/s1. The molecule has 0 spiro atoms. The maximum atomic E-state index is 12.9. The van der Waals surface area contributed by atoms with Crippen LogP contribution < -0.4 is 10.1 Å². The molecule has 1 amide bonds. The number of halogens is 1. The molecule has 0 heterocycles. The SMILES string of the molecule is CSCC[C@H](NC(=O)c1cccc(C)c1)C(=O)OCCOc1ccc(F)cc1. The predicted molar refractivity (Wildman–Crippen MR) is 108 cm³/mol. The van der Waals surface area contributed by atoms with Gasteiger partial charge < -0.3 is 14.8 Å². The highest BCUT2D eigenvalue weighted by Crippen LogP contribution is 2.11. The van der Waals surface area contributed by atoms with Crippen LogP contribution in [0, 0.1) is 12.7 Å². The average Bonchev–Trinajstić information content (AvgIpc) is 2.69. The van der Waals surface area contributed by atoms with Gasteiger partial charge in [-0.2, -0.15) is 11.8 Å². The van der Waals surface area contributed by atoms with Gasteiger partial charge in [-0.15, -0.1) is 0 Å². The Kier molecular flexibility index (Phi) is 8.81. The summed E-state index contributed by atoms with van der Waals surface area (Å²) < 4.78 is 23.5. The number of aryl methyl sites for hydroxylation is 1. The van der Waals surface area contributed by atoms with Crippen molar-refractivity contribution in [3.63, 3.8) is 0 Å². The molecule has 28 heavy (non-hydrogen) atoms. The zero-order chi connectivity index (χ0) is 20.4. The summed E-state index contributed by atoms with van der Waals surface area (Å²) in [7, 11) is 0. The van der Waals surface area contributed by atoms with Crippen molar-refractivity contribution in [3.05, 3.63) is 65.5 Å². The van der Waals surface area contributed by atoms with Crippen LogP contribution in [0.2, 0.25) is 0 Å². The van der Waals surface area contributed by atoms with E-state index >= 15 is 0 Å². The summed E-state index contributed by atoms with van der Waals surface area (Å²) in [5.74, 6) is 0.0379. The van der Waals surface area contributed by atoms with Crippen molar-refractivity contribution >= 4 is 23.6 Å². The summed E-state index contributed by atoms with van der Waals surface area (Å²) in [6.07, 6.45) is 2.40. The average molecular weight is 405 g/mol. The fourth-order valence-electron chi connectivity index (χ4n) is 2.45. The van der Waals surface area contributed by atoms with Crippen LogP contribution in [0.4, 0.5) is 4.39 Å². The number of hydrogen-bond donors (Lipinski definition) is 1. The highest BCUT2D eigenvalue weighted by molar-refractivity contribution is 7.98. The topological polar surface area (TPSA) is 64.6 Å². The first-order valence-corrected chi connectivity index (χ1v) is 10.3. The Balaban J connectivity index is 1.85. The van der Waals surface area contributed by atoms with Gasteiger partial charge in [0.25, 0.3) is 5.91 Å². The molecule has 0 fully saturated rings. The molecule has 1 atom stereocenters. The first-order valence-electron chi connectivity index (χ1n) is 8.91. The number of carbonyl (C=O) groups is 2. The fourth-order valence-corrected chi connectivity index (χ4v) is 2.92. The van der Waals surface area contributed by atoms with E-state index in [-0.39, 0.29) is 24.9 Å². The summed E-state index contributed by atoms with van der Waals surface area (Å²) in [5, 5.41) is 2.75. The summed E-state index contributed by atoms with van der Waals surface area (Å²) in [6.45, 7) is 2.07. The molecule has 0 aliphatic carbocycles. The predicted octanol–water partition coefficient (Wildman–Crippen LogP) is 3.61. The minimum Gasteiger partial charge on any atom is -0.490 e. The molecule has 1 N–H and O–H groups in total. The summed E-state index contributed by atoms with van der Waals surface area (Å²) in [5.41, 5.74) is 1.47. The summed E-state index contributed by atoms with van der Waals surface area (Å²) >= 11 is 1.59. The molecule has 0 bridgehead atoms. The minimum absolute atomic E-state index is 0.0340. The number of esters is 1. The van der Waals surface area contributed by atoms with Crippen LogP contribution in [0.5, 0.6) is 5.75 Å². The van der Waals surface area contributed by atoms with E-state index in [0.717, 1.165) is 5.56 Å². The lowest BCUT2D eigenvalue weighted by Gasteiger charge is -2.17. The molecule has 2 rings (SSSR count). The number of amides is 1. The number of nitrogens with one attached hydrogen (secondary N) is 1. The number of benzene rings is 2. The zero-order valence-corrected chi connectivity index (χ0v) is 16.8. The van der Waals surface area contributed by atoms with E-state index in [1.165, 1.54) is 24.3 Å². The number of thioether (sulfide) groups is 1. The molecule has 0 radical (unpaired) electrons. The molecule has 0 aliphatic rings. The van der Waals surface area contributed by atoms with Gasteiger partial charge >= 0.3 is 5.97 Å². The highest BCUT2D eigenvalue weighted by atomic mass is 32.2. The zero-order valence-electron chi connectivity index (χ0n) is 15.9. The third kappa shape index (κ3) is 7.23. The third-order valence-corrected chi connectivity index (χ3v) is 4.53. The lowest BCUT2D eigenvalue weighted by atomic mass is 10.1. The van der Waals surface area contributed by atoms with Crippen molar-refractivity contribution in [2.75, 3.05) is 25.2 Å². The number of hydrogen-bond acceptors (Lipinski definition) is 5. The Hall–Kier alpha value is -2.54. The first kappa shape index (κ1) is 21.8. The number of carbonyl (C=O) groups excluding carboxylic acids is 2. The molecular weight excluding hydrogens is 381 g/mol. The molecular formula is C21H24FNO4S. The van der Waals surface area contributed by atoms with Crippen molar-refractivity contribution in [2.24, 2.45) is 0 Å². The molecule has 150 valence electrons. The molecule has 0 saturated carbocycles. The van der Waals surface area contributed by atoms with Crippen molar-refractivity contribution in [3.8, 4) is 5.75 Å². The second-order valence-electron chi connectivity index (χ2n) is 6.15. The second kappa shape index (κ2) is 11.3. The Bertz CT molecular complexity index is 782. The lowest BCUT2D eigenvalue weighted by Crippen LogP contribution is -2.42. The monoisotopic (exact) mass is 405 g/mol. The first-order chi connectivity index (χ1) is 13.5. The Morgan fingerprint density at radius 2 is 1.89 bits per heavy atom. The van der Waals surface area contributed by atoms with Crippen molar-refractivity contribution in [1.29, 1.82) is 0 Å². The normalized spacial score (nSPS) is 11.5. The quantitative estimate of drug-likeness (QED) is 0.483. The van der Waals surface area contributed by atoms with E-state index in [4.69, 9.17) is 9.47 Å². The fraction of sp³-hybridized carbons (Fsp3) is 0.333. The molecule has 0 aliphatic heterocycles. The Morgan fingerprint density at radius 1 is 1.14 bits per heavy atom. The van der Waals surface area contributed by atoms with Crippen molar-refractivity contribution in [2.45, 2.75) is 19.4 Å². The van der Waals surface area contributed by atoms with Gasteiger partial charge in [-0.25, -0.2) is 9.18 Å². The lowest BCUT2D eigenvalue weighted by molar-refractivity contribution is -0.146. The van der Waals surface area contributed by atoms with Crippen molar-refractivity contribution in [1.82, 2.24) is 5.32 Å². The minimum atomic E-state index is -0.730. The van der Waals surface area contributed by atoms with Gasteiger partial charge in [0, 0.05) is 5.56 Å². The van der Waals surface area contributed by atoms with Crippen LogP contribution in [-0.4, -0.2) is 43.1 Å². The molecule has 2 aromatic carbocycles. The van der Waals surface area contributed by atoms with Crippen LogP contribution in [0.25, 0.3) is 0 Å². The highest BCUT2D eigenvalue weighted by Gasteiger charge is 2.22. The van der Waals surface area contributed by atoms with E-state index in [2.05, 4.69) is 5.32 Å². The smallest absolute Gasteiger partial charge is 0.328 e. The molecule has 0 unspecified atom stereocenters. The van der Waals surface area contributed by atoms with Crippen molar-refractivity contribution < 1.29 is 23.5 Å². The third-order valence-electron chi connectivity index (χ3n) is 3.89. The summed E-state index contributed by atoms with van der Waals surface area (Å²) in [4.78, 5) is 24.8. The molecule has 2 aromatic rings. The largest absolute Gasteiger partial charge is 0.490 e. The molecule has 7 heteroatoms. The van der Waals surface area contributed by atoms with Gasteiger partial charge in [-0.05, 0) is 61.8 Å². The van der Waals surface area contributed by atoms with Gasteiger partial charge in [0.15, 0.2) is 0 Å². The van der Waals surface area contributed by atoms with Gasteiger partial charge in [-0.1, -0.05) is 17.7 Å². The van der Waals surface area contributed by atoms with E-state index in [9.17, 15) is 14.0 Å². The molecule has 0 saturated heterocycles. The van der Waals surface area contributed by atoms with Crippen LogP contribution in [0.1, 0.15) is 22.3 Å². The molecule has 5 nitrogen and oxygen atoms in total. The maximum absolute atomic E-state index is 12.9. The maximum Gasteiger partial charge on any atom is 0.328 e. The van der Waals surface area contributed by atoms with Gasteiger partial charge in [0.1, 0.15) is 30.8 Å². The van der Waals surface area contributed by atoms with E-state index < -0.39 is 12.0 Å². The van der Waals surface area contributed by atoms with E-state index in [1.54, 1.807) is 30.0 Å². The van der Waals surface area contributed by atoms with E-state index in [1.807, 2.05) is 19.2 Å². The number of ether oxygens (including phenoxy) is 2. The second-order valence-corrected chi connectivity index (χ2v) is 7.13. The Labute approximate surface area is 168 Å². The Morgan fingerprint density at radius 3 is 2.57 bits per heavy atom. The molecule has 0 aromatic heterocycles. The van der Waals surface area contributed by atoms with Gasteiger partial charge in [0.05, 0.1) is 0 Å². The van der Waals surface area contributed by atoms with E-state index in [0.29, 0.717) is 23.5 Å². The van der Waals surface area contributed by atoms with Crippen LogP contribution in [0.15, 0.2) is 48.5 Å².